The largest absolute Gasteiger partial charge is 0.497 e. The number of carbonyl (C=O) groups excluding carboxylic acids is 1. The number of ether oxygens (including phenoxy) is 1. The van der Waals surface area contributed by atoms with Gasteiger partial charge in [0.05, 0.1) is 12.4 Å². The number of thioether (sulfide) groups is 1. The normalized spacial score (nSPS) is 11.7. The Morgan fingerprint density at radius 1 is 1.14 bits per heavy atom. The number of rotatable bonds is 6. The maximum Gasteiger partial charge on any atom is 0.233 e. The van der Waals surface area contributed by atoms with Crippen LogP contribution >= 0.6 is 11.8 Å². The second-order valence-corrected chi connectivity index (χ2v) is 6.05. The summed E-state index contributed by atoms with van der Waals surface area (Å²) in [4.78, 5) is 13.1. The van der Waals surface area contributed by atoms with E-state index in [9.17, 15) is 4.79 Å². The van der Waals surface area contributed by atoms with Crippen molar-refractivity contribution in [2.45, 2.75) is 23.6 Å². The average Bonchev–Trinajstić information content (AvgIpc) is 2.54. The zero-order chi connectivity index (χ0) is 15.1. The number of hydrogen-bond donors (Lipinski definition) is 1. The molecule has 3 nitrogen and oxygen atoms in total. The monoisotopic (exact) mass is 301 g/mol. The lowest BCUT2D eigenvalue weighted by molar-refractivity contribution is -0.120. The third-order valence-corrected chi connectivity index (χ3v) is 4.16. The van der Waals surface area contributed by atoms with Gasteiger partial charge in [-0.15, -0.1) is 11.8 Å². The van der Waals surface area contributed by atoms with Crippen LogP contribution in [0.1, 0.15) is 12.5 Å². The molecule has 4 heteroatoms. The Morgan fingerprint density at radius 3 is 2.43 bits per heavy atom. The Balaban J connectivity index is 1.84. The molecule has 0 aromatic heterocycles. The van der Waals surface area contributed by atoms with Crippen molar-refractivity contribution in [2.24, 2.45) is 0 Å². The number of amides is 1. The summed E-state index contributed by atoms with van der Waals surface area (Å²) in [6.07, 6.45) is 0. The molecule has 2 aromatic carbocycles. The standard InChI is InChI=1S/C17H19NO2S/c1-13(21-16-10-8-15(20-2)9-11-16)17(19)18-12-14-6-4-3-5-7-14/h3-11,13H,12H2,1-2H3,(H,18,19)/t13-/m0/s1. The molecule has 1 N–H and O–H groups in total. The predicted octanol–water partition coefficient (Wildman–Crippen LogP) is 3.49. The topological polar surface area (TPSA) is 38.3 Å². The first-order valence-electron chi connectivity index (χ1n) is 6.81. The second-order valence-electron chi connectivity index (χ2n) is 4.64. The lowest BCUT2D eigenvalue weighted by atomic mass is 10.2. The minimum Gasteiger partial charge on any atom is -0.497 e. The molecule has 0 aliphatic heterocycles. The lowest BCUT2D eigenvalue weighted by Gasteiger charge is -2.12. The highest BCUT2D eigenvalue weighted by atomic mass is 32.2. The minimum absolute atomic E-state index is 0.0414. The van der Waals surface area contributed by atoms with Crippen molar-refractivity contribution in [1.82, 2.24) is 5.32 Å². The fourth-order valence-electron chi connectivity index (χ4n) is 1.84. The Labute approximate surface area is 129 Å². The summed E-state index contributed by atoms with van der Waals surface area (Å²) in [5, 5.41) is 2.82. The molecule has 0 aliphatic carbocycles. The molecule has 0 unspecified atom stereocenters. The van der Waals surface area contributed by atoms with Crippen molar-refractivity contribution in [1.29, 1.82) is 0 Å². The van der Waals surface area contributed by atoms with Crippen LogP contribution in [0.4, 0.5) is 0 Å². The predicted molar refractivity (Wildman–Crippen MR) is 86.6 cm³/mol. The summed E-state index contributed by atoms with van der Waals surface area (Å²) in [5.74, 6) is 0.861. The third-order valence-electron chi connectivity index (χ3n) is 3.05. The summed E-state index contributed by atoms with van der Waals surface area (Å²) in [7, 11) is 1.64. The third kappa shape index (κ3) is 4.83. The maximum absolute atomic E-state index is 12.1. The van der Waals surface area contributed by atoms with E-state index in [1.807, 2.05) is 61.5 Å². The lowest BCUT2D eigenvalue weighted by Crippen LogP contribution is -2.30. The van der Waals surface area contributed by atoms with E-state index in [2.05, 4.69) is 5.32 Å². The van der Waals surface area contributed by atoms with Crippen LogP contribution in [0.15, 0.2) is 59.5 Å². The highest BCUT2D eigenvalue weighted by Crippen LogP contribution is 2.25. The van der Waals surface area contributed by atoms with Crippen molar-refractivity contribution in [3.8, 4) is 5.75 Å². The number of hydrogen-bond acceptors (Lipinski definition) is 3. The molecule has 0 saturated carbocycles. The summed E-state index contributed by atoms with van der Waals surface area (Å²) in [6.45, 7) is 2.47. The Morgan fingerprint density at radius 2 is 1.81 bits per heavy atom. The van der Waals surface area contributed by atoms with E-state index < -0.39 is 0 Å². The molecule has 1 amide bonds. The summed E-state index contributed by atoms with van der Waals surface area (Å²) >= 11 is 1.54. The molecule has 1 atom stereocenters. The van der Waals surface area contributed by atoms with Gasteiger partial charge in [-0.25, -0.2) is 0 Å². The van der Waals surface area contributed by atoms with Crippen LogP contribution in [0.2, 0.25) is 0 Å². The van der Waals surface area contributed by atoms with Crippen LogP contribution in [0.25, 0.3) is 0 Å². The van der Waals surface area contributed by atoms with Crippen LogP contribution in [-0.2, 0) is 11.3 Å². The molecule has 0 fully saturated rings. The van der Waals surface area contributed by atoms with Gasteiger partial charge < -0.3 is 10.1 Å². The molecule has 0 bridgehead atoms. The van der Waals surface area contributed by atoms with Gasteiger partial charge in [0.15, 0.2) is 0 Å². The van der Waals surface area contributed by atoms with E-state index in [-0.39, 0.29) is 11.2 Å². The fraction of sp³-hybridized carbons (Fsp3) is 0.235. The van der Waals surface area contributed by atoms with E-state index >= 15 is 0 Å². The average molecular weight is 301 g/mol. The van der Waals surface area contributed by atoms with Gasteiger partial charge in [0.1, 0.15) is 5.75 Å². The van der Waals surface area contributed by atoms with Crippen LogP contribution < -0.4 is 10.1 Å². The maximum atomic E-state index is 12.1. The quantitative estimate of drug-likeness (QED) is 0.830. The van der Waals surface area contributed by atoms with Crippen molar-refractivity contribution in [3.63, 3.8) is 0 Å². The van der Waals surface area contributed by atoms with Crippen LogP contribution in [0.3, 0.4) is 0 Å². The summed E-state index contributed by atoms with van der Waals surface area (Å²) in [6, 6.07) is 17.6. The van der Waals surface area contributed by atoms with Gasteiger partial charge in [-0.05, 0) is 36.8 Å². The number of benzene rings is 2. The molecule has 0 saturated heterocycles. The zero-order valence-corrected chi connectivity index (χ0v) is 13.0. The van der Waals surface area contributed by atoms with Gasteiger partial charge >= 0.3 is 0 Å². The van der Waals surface area contributed by atoms with Crippen molar-refractivity contribution < 1.29 is 9.53 Å². The Bertz CT molecular complexity index is 569. The SMILES string of the molecule is COc1ccc(S[C@@H](C)C(=O)NCc2ccccc2)cc1. The van der Waals surface area contributed by atoms with Gasteiger partial charge in [0, 0.05) is 11.4 Å². The first-order valence-corrected chi connectivity index (χ1v) is 7.69. The number of nitrogens with one attached hydrogen (secondary N) is 1. The molecule has 0 aliphatic rings. The molecule has 0 heterocycles. The smallest absolute Gasteiger partial charge is 0.233 e. The summed E-state index contributed by atoms with van der Waals surface area (Å²) in [5.41, 5.74) is 1.10. The fourth-order valence-corrected chi connectivity index (χ4v) is 2.73. The molecule has 2 aromatic rings. The van der Waals surface area contributed by atoms with Gasteiger partial charge in [0.2, 0.25) is 5.91 Å². The van der Waals surface area contributed by atoms with Gasteiger partial charge in [-0.2, -0.15) is 0 Å². The highest BCUT2D eigenvalue weighted by molar-refractivity contribution is 8.00. The van der Waals surface area contributed by atoms with E-state index in [1.54, 1.807) is 7.11 Å². The highest BCUT2D eigenvalue weighted by Gasteiger charge is 2.13. The molecular weight excluding hydrogens is 282 g/mol. The molecular formula is C17H19NO2S. The molecule has 110 valence electrons. The van der Waals surface area contributed by atoms with E-state index in [0.29, 0.717) is 6.54 Å². The molecule has 0 spiro atoms. The zero-order valence-electron chi connectivity index (χ0n) is 12.2. The number of methoxy groups -OCH3 is 1. The van der Waals surface area contributed by atoms with Gasteiger partial charge in [-0.3, -0.25) is 4.79 Å². The Kier molecular flexibility index (Phi) is 5.69. The Hall–Kier alpha value is -1.94. The molecule has 2 rings (SSSR count). The first kappa shape index (κ1) is 15.4. The van der Waals surface area contributed by atoms with E-state index in [0.717, 1.165) is 16.2 Å². The van der Waals surface area contributed by atoms with Gasteiger partial charge in [-0.1, -0.05) is 30.3 Å². The van der Waals surface area contributed by atoms with Crippen molar-refractivity contribution in [2.75, 3.05) is 7.11 Å². The van der Waals surface area contributed by atoms with E-state index in [4.69, 9.17) is 4.74 Å². The van der Waals surface area contributed by atoms with E-state index in [1.165, 1.54) is 11.8 Å². The van der Waals surface area contributed by atoms with Crippen molar-refractivity contribution in [3.05, 3.63) is 60.2 Å². The van der Waals surface area contributed by atoms with Gasteiger partial charge in [0.25, 0.3) is 0 Å². The van der Waals surface area contributed by atoms with Crippen LogP contribution in [0, 0.1) is 0 Å². The summed E-state index contributed by atoms with van der Waals surface area (Å²) < 4.78 is 5.12. The van der Waals surface area contributed by atoms with Crippen LogP contribution in [0.5, 0.6) is 5.75 Å². The van der Waals surface area contributed by atoms with Crippen LogP contribution in [-0.4, -0.2) is 18.3 Å². The molecule has 0 radical (unpaired) electrons. The first-order chi connectivity index (χ1) is 10.2. The molecule has 21 heavy (non-hydrogen) atoms. The second kappa shape index (κ2) is 7.74. The minimum atomic E-state index is -0.137. The van der Waals surface area contributed by atoms with Crippen molar-refractivity contribution >= 4 is 17.7 Å². The number of carbonyl (C=O) groups is 1.